The number of benzene rings is 2. The summed E-state index contributed by atoms with van der Waals surface area (Å²) in [6, 6.07) is 11.0. The van der Waals surface area contributed by atoms with Gasteiger partial charge in [-0.05, 0) is 49.4 Å². The Morgan fingerprint density at radius 2 is 1.89 bits per heavy atom. The van der Waals surface area contributed by atoms with Crippen LogP contribution in [0.25, 0.3) is 0 Å². The predicted molar refractivity (Wildman–Crippen MR) is 99.8 cm³/mol. The summed E-state index contributed by atoms with van der Waals surface area (Å²) in [7, 11) is 3.39. The number of likely N-dealkylation sites (N-methyl/N-ethyl adjacent to an activating group) is 1. The van der Waals surface area contributed by atoms with Gasteiger partial charge >= 0.3 is 6.61 Å². The molecule has 146 valence electrons. The second-order valence-electron chi connectivity index (χ2n) is 6.10. The van der Waals surface area contributed by atoms with E-state index in [9.17, 15) is 13.6 Å². The maximum absolute atomic E-state index is 12.6. The van der Waals surface area contributed by atoms with Gasteiger partial charge < -0.3 is 19.7 Å². The molecule has 0 aliphatic heterocycles. The lowest BCUT2D eigenvalue weighted by molar-refractivity contribution is -0.907. The van der Waals surface area contributed by atoms with Gasteiger partial charge in [-0.3, -0.25) is 4.79 Å². The number of halogens is 3. The lowest BCUT2D eigenvalue weighted by Crippen LogP contribution is -3.12. The summed E-state index contributed by atoms with van der Waals surface area (Å²) in [5.41, 5.74) is 1.40. The lowest BCUT2D eigenvalue weighted by atomic mass is 10.1. The predicted octanol–water partition coefficient (Wildman–Crippen LogP) is 2.99. The molecule has 2 aromatic rings. The van der Waals surface area contributed by atoms with Gasteiger partial charge in [0.25, 0.3) is 5.91 Å². The van der Waals surface area contributed by atoms with Crippen LogP contribution in [0.5, 0.6) is 11.5 Å². The minimum atomic E-state index is -2.85. The monoisotopic (exact) mass is 399 g/mol. The maximum Gasteiger partial charge on any atom is 0.387 e. The van der Waals surface area contributed by atoms with E-state index in [2.05, 4.69) is 10.1 Å². The minimum Gasteiger partial charge on any atom is -0.495 e. The number of carbonyl (C=O) groups is 1. The smallest absolute Gasteiger partial charge is 0.387 e. The fourth-order valence-corrected chi connectivity index (χ4v) is 2.68. The SMILES string of the molecule is COc1ccc(Cl)cc1NC(=O)[C@@H](C)[NH+](C)Cc1ccc(OC(F)F)cc1. The van der Waals surface area contributed by atoms with Gasteiger partial charge in [0, 0.05) is 10.6 Å². The first kappa shape index (κ1) is 20.9. The van der Waals surface area contributed by atoms with Gasteiger partial charge in [-0.25, -0.2) is 0 Å². The highest BCUT2D eigenvalue weighted by molar-refractivity contribution is 6.31. The molecule has 27 heavy (non-hydrogen) atoms. The zero-order valence-electron chi connectivity index (χ0n) is 15.3. The van der Waals surface area contributed by atoms with E-state index in [-0.39, 0.29) is 17.7 Å². The van der Waals surface area contributed by atoms with Gasteiger partial charge in [-0.1, -0.05) is 11.6 Å². The van der Waals surface area contributed by atoms with Crippen molar-refractivity contribution in [1.82, 2.24) is 0 Å². The number of carbonyl (C=O) groups excluding carboxylic acids is 1. The minimum absolute atomic E-state index is 0.102. The molecule has 2 N–H and O–H groups in total. The normalized spacial score (nSPS) is 13.1. The molecule has 0 fully saturated rings. The Morgan fingerprint density at radius 1 is 1.22 bits per heavy atom. The summed E-state index contributed by atoms with van der Waals surface area (Å²) in [6.07, 6.45) is 0. The molecule has 2 aromatic carbocycles. The molecule has 0 aliphatic carbocycles. The third-order valence-electron chi connectivity index (χ3n) is 4.18. The van der Waals surface area contributed by atoms with Crippen molar-refractivity contribution in [2.75, 3.05) is 19.5 Å². The van der Waals surface area contributed by atoms with Crippen molar-refractivity contribution >= 4 is 23.2 Å². The first-order chi connectivity index (χ1) is 12.8. The van der Waals surface area contributed by atoms with Crippen LogP contribution in [-0.4, -0.2) is 32.7 Å². The number of quaternary nitrogens is 1. The van der Waals surface area contributed by atoms with Gasteiger partial charge in [-0.15, -0.1) is 0 Å². The van der Waals surface area contributed by atoms with Crippen LogP contribution >= 0.6 is 11.6 Å². The highest BCUT2D eigenvalue weighted by atomic mass is 35.5. The number of rotatable bonds is 8. The number of hydrogen-bond acceptors (Lipinski definition) is 3. The molecule has 2 atom stereocenters. The average Bonchev–Trinajstić information content (AvgIpc) is 2.62. The van der Waals surface area contributed by atoms with E-state index >= 15 is 0 Å². The van der Waals surface area contributed by atoms with E-state index in [1.165, 1.54) is 19.2 Å². The molecule has 0 aliphatic rings. The Hall–Kier alpha value is -2.38. The molecule has 0 bridgehead atoms. The molecule has 5 nitrogen and oxygen atoms in total. The van der Waals surface area contributed by atoms with Crippen LogP contribution in [0.2, 0.25) is 5.02 Å². The molecule has 8 heteroatoms. The number of amides is 1. The van der Waals surface area contributed by atoms with Crippen LogP contribution in [0.3, 0.4) is 0 Å². The summed E-state index contributed by atoms with van der Waals surface area (Å²) >= 11 is 5.98. The van der Waals surface area contributed by atoms with E-state index in [1.807, 2.05) is 7.05 Å². The second kappa shape index (κ2) is 9.53. The summed E-state index contributed by atoms with van der Waals surface area (Å²) < 4.78 is 34.0. The largest absolute Gasteiger partial charge is 0.495 e. The molecule has 0 radical (unpaired) electrons. The Labute approximate surface area is 161 Å². The highest BCUT2D eigenvalue weighted by Gasteiger charge is 2.23. The number of methoxy groups -OCH3 is 1. The molecule has 0 saturated heterocycles. The van der Waals surface area contributed by atoms with Crippen molar-refractivity contribution in [3.05, 3.63) is 53.1 Å². The van der Waals surface area contributed by atoms with Gasteiger partial charge in [0.2, 0.25) is 0 Å². The number of nitrogens with one attached hydrogen (secondary N) is 2. The van der Waals surface area contributed by atoms with E-state index < -0.39 is 6.61 Å². The molecule has 1 unspecified atom stereocenters. The third-order valence-corrected chi connectivity index (χ3v) is 4.42. The van der Waals surface area contributed by atoms with Crippen molar-refractivity contribution in [2.45, 2.75) is 26.1 Å². The van der Waals surface area contributed by atoms with Crippen molar-refractivity contribution in [3.8, 4) is 11.5 Å². The van der Waals surface area contributed by atoms with Crippen LogP contribution in [0, 0.1) is 0 Å². The lowest BCUT2D eigenvalue weighted by Gasteiger charge is -2.22. The van der Waals surface area contributed by atoms with Crippen LogP contribution in [0.4, 0.5) is 14.5 Å². The van der Waals surface area contributed by atoms with Crippen LogP contribution in [-0.2, 0) is 11.3 Å². The standard InChI is InChI=1S/C19H21ClF2N2O3/c1-12(18(25)23-16-10-14(20)6-9-17(16)26-3)24(2)11-13-4-7-15(8-5-13)27-19(21)22/h4-10,12,19H,11H2,1-3H3,(H,23,25)/p+1/t12-/m1/s1. The van der Waals surface area contributed by atoms with Crippen molar-refractivity contribution in [3.63, 3.8) is 0 Å². The van der Waals surface area contributed by atoms with E-state index in [0.29, 0.717) is 23.0 Å². The quantitative estimate of drug-likeness (QED) is 0.717. The van der Waals surface area contributed by atoms with Crippen molar-refractivity contribution in [1.29, 1.82) is 0 Å². The van der Waals surface area contributed by atoms with Gasteiger partial charge in [0.05, 0.1) is 19.8 Å². The number of alkyl halides is 2. The molecular weight excluding hydrogens is 378 g/mol. The average molecular weight is 400 g/mol. The zero-order valence-corrected chi connectivity index (χ0v) is 16.0. The van der Waals surface area contributed by atoms with Gasteiger partial charge in [0.1, 0.15) is 18.0 Å². The fraction of sp³-hybridized carbons (Fsp3) is 0.316. The number of hydrogen-bond donors (Lipinski definition) is 2. The highest BCUT2D eigenvalue weighted by Crippen LogP contribution is 2.27. The molecule has 2 rings (SSSR count). The Bertz CT molecular complexity index is 772. The van der Waals surface area contributed by atoms with E-state index in [4.69, 9.17) is 16.3 Å². The molecule has 0 spiro atoms. The van der Waals surface area contributed by atoms with E-state index in [1.54, 1.807) is 37.3 Å². The zero-order chi connectivity index (χ0) is 20.0. The maximum atomic E-state index is 12.6. The third kappa shape index (κ3) is 6.08. The topological polar surface area (TPSA) is 52.0 Å². The van der Waals surface area contributed by atoms with E-state index in [0.717, 1.165) is 10.5 Å². The second-order valence-corrected chi connectivity index (χ2v) is 6.54. The Morgan fingerprint density at radius 3 is 2.48 bits per heavy atom. The molecule has 0 saturated carbocycles. The molecule has 1 amide bonds. The number of anilines is 1. The van der Waals surface area contributed by atoms with Crippen LogP contribution in [0.1, 0.15) is 12.5 Å². The summed E-state index contributed by atoms with van der Waals surface area (Å²) in [4.78, 5) is 13.5. The summed E-state index contributed by atoms with van der Waals surface area (Å²) in [5.74, 6) is 0.434. The fourth-order valence-electron chi connectivity index (χ4n) is 2.51. The molecular formula is C19H22ClF2N2O3+. The Kier molecular flexibility index (Phi) is 7.38. The van der Waals surface area contributed by atoms with Gasteiger partial charge in [0.15, 0.2) is 6.04 Å². The Balaban J connectivity index is 1.99. The van der Waals surface area contributed by atoms with Gasteiger partial charge in [-0.2, -0.15) is 8.78 Å². The van der Waals surface area contributed by atoms with Crippen molar-refractivity contribution < 1.29 is 27.9 Å². The van der Waals surface area contributed by atoms with Crippen molar-refractivity contribution in [2.24, 2.45) is 0 Å². The summed E-state index contributed by atoms with van der Waals surface area (Å²) in [6.45, 7) is -0.511. The van der Waals surface area contributed by atoms with Crippen LogP contribution < -0.4 is 19.7 Å². The first-order valence-electron chi connectivity index (χ1n) is 8.30. The molecule has 0 heterocycles. The number of ether oxygens (including phenoxy) is 2. The summed E-state index contributed by atoms with van der Waals surface area (Å²) in [5, 5.41) is 3.32. The van der Waals surface area contributed by atoms with Crippen LogP contribution in [0.15, 0.2) is 42.5 Å². The molecule has 0 aromatic heterocycles. The first-order valence-corrected chi connectivity index (χ1v) is 8.68.